The molecule has 0 spiro atoms. The van der Waals surface area contributed by atoms with Crippen LogP contribution in [0.2, 0.25) is 0 Å². The van der Waals surface area contributed by atoms with Gasteiger partial charge in [-0.3, -0.25) is 4.90 Å². The van der Waals surface area contributed by atoms with Gasteiger partial charge in [-0.15, -0.1) is 0 Å². The van der Waals surface area contributed by atoms with Crippen molar-refractivity contribution in [3.63, 3.8) is 0 Å². The van der Waals surface area contributed by atoms with Crippen molar-refractivity contribution < 1.29 is 18.6 Å². The minimum atomic E-state index is -0.373. The summed E-state index contributed by atoms with van der Waals surface area (Å²) >= 11 is 0. The van der Waals surface area contributed by atoms with Crippen molar-refractivity contribution >= 4 is 0 Å². The van der Waals surface area contributed by atoms with Crippen LogP contribution in [0.5, 0.6) is 11.8 Å². The van der Waals surface area contributed by atoms with E-state index in [-0.39, 0.29) is 11.4 Å². The number of methoxy groups -OCH3 is 2. The number of aromatic nitrogens is 2. The van der Waals surface area contributed by atoms with Gasteiger partial charge in [0.25, 0.3) is 0 Å². The molecule has 0 N–H and O–H groups in total. The van der Waals surface area contributed by atoms with E-state index in [4.69, 9.17) is 14.2 Å². The van der Waals surface area contributed by atoms with E-state index in [1.165, 1.54) is 12.1 Å². The standard InChI is InChI=1S/C18H22FN3O3/c1-23-17-20-9-14(10-21-17)11-22-8-7-18(12-22,24-2)13-25-16-5-3-15(19)4-6-16/h3-6,9-10H,7-8,11-13H2,1-2H3/t18-/m0/s1. The topological polar surface area (TPSA) is 56.7 Å². The van der Waals surface area contributed by atoms with Gasteiger partial charge >= 0.3 is 6.01 Å². The summed E-state index contributed by atoms with van der Waals surface area (Å²) in [5.74, 6) is 0.363. The number of hydrogen-bond donors (Lipinski definition) is 0. The molecule has 1 aromatic heterocycles. The van der Waals surface area contributed by atoms with Crippen LogP contribution < -0.4 is 9.47 Å². The normalized spacial score (nSPS) is 20.6. The molecule has 134 valence electrons. The molecule has 1 aliphatic rings. The second kappa shape index (κ2) is 7.76. The maximum atomic E-state index is 13.0. The molecular weight excluding hydrogens is 325 g/mol. The number of likely N-dealkylation sites (tertiary alicyclic amines) is 1. The van der Waals surface area contributed by atoms with Gasteiger partial charge in [-0.1, -0.05) is 0 Å². The molecule has 7 heteroatoms. The highest BCUT2D eigenvalue weighted by Gasteiger charge is 2.39. The molecule has 25 heavy (non-hydrogen) atoms. The molecule has 3 rings (SSSR count). The average molecular weight is 347 g/mol. The van der Waals surface area contributed by atoms with Crippen molar-refractivity contribution in [3.8, 4) is 11.8 Å². The average Bonchev–Trinajstić information content (AvgIpc) is 3.05. The molecule has 1 aromatic carbocycles. The molecule has 0 unspecified atom stereocenters. The summed E-state index contributed by atoms with van der Waals surface area (Å²) in [6.45, 7) is 2.81. The summed E-state index contributed by atoms with van der Waals surface area (Å²) in [5, 5.41) is 0. The molecule has 2 aromatic rings. The minimum absolute atomic E-state index is 0.275. The first-order valence-electron chi connectivity index (χ1n) is 8.13. The van der Waals surface area contributed by atoms with Crippen LogP contribution in [0.25, 0.3) is 0 Å². The zero-order valence-corrected chi connectivity index (χ0v) is 14.4. The van der Waals surface area contributed by atoms with Gasteiger partial charge in [-0.2, -0.15) is 0 Å². The van der Waals surface area contributed by atoms with Crippen molar-refractivity contribution in [2.45, 2.75) is 18.6 Å². The molecule has 0 amide bonds. The molecule has 2 heterocycles. The third kappa shape index (κ3) is 4.43. The number of hydrogen-bond acceptors (Lipinski definition) is 6. The van der Waals surface area contributed by atoms with Crippen molar-refractivity contribution in [1.82, 2.24) is 14.9 Å². The lowest BCUT2D eigenvalue weighted by Gasteiger charge is -2.28. The Morgan fingerprint density at radius 2 is 1.88 bits per heavy atom. The molecule has 1 atom stereocenters. The number of halogens is 1. The highest BCUT2D eigenvalue weighted by Crippen LogP contribution is 2.27. The largest absolute Gasteiger partial charge is 0.491 e. The van der Waals surface area contributed by atoms with E-state index >= 15 is 0 Å². The highest BCUT2D eigenvalue weighted by atomic mass is 19.1. The quantitative estimate of drug-likeness (QED) is 0.766. The lowest BCUT2D eigenvalue weighted by Crippen LogP contribution is -2.41. The fourth-order valence-corrected chi connectivity index (χ4v) is 2.94. The fraction of sp³-hybridized carbons (Fsp3) is 0.444. The molecule has 1 fully saturated rings. The summed E-state index contributed by atoms with van der Waals surface area (Å²) in [5.41, 5.74) is 0.647. The summed E-state index contributed by atoms with van der Waals surface area (Å²) in [7, 11) is 3.25. The Morgan fingerprint density at radius 3 is 2.52 bits per heavy atom. The Morgan fingerprint density at radius 1 is 1.16 bits per heavy atom. The number of ether oxygens (including phenoxy) is 3. The zero-order chi connectivity index (χ0) is 17.7. The van der Waals surface area contributed by atoms with Gasteiger partial charge in [0, 0.05) is 44.7 Å². The fourth-order valence-electron chi connectivity index (χ4n) is 2.94. The Balaban J connectivity index is 1.56. The monoisotopic (exact) mass is 347 g/mol. The van der Waals surface area contributed by atoms with Gasteiger partial charge in [0.2, 0.25) is 0 Å². The predicted octanol–water partition coefficient (Wildman–Crippen LogP) is 2.29. The summed E-state index contributed by atoms with van der Waals surface area (Å²) < 4.78 is 29.5. The smallest absolute Gasteiger partial charge is 0.316 e. The van der Waals surface area contributed by atoms with Gasteiger partial charge in [0.15, 0.2) is 0 Å². The molecule has 0 saturated carbocycles. The van der Waals surface area contributed by atoms with Gasteiger partial charge in [0.1, 0.15) is 23.8 Å². The zero-order valence-electron chi connectivity index (χ0n) is 14.4. The van der Waals surface area contributed by atoms with Crippen LogP contribution in [0.15, 0.2) is 36.7 Å². The summed E-state index contributed by atoms with van der Waals surface area (Å²) in [6.07, 6.45) is 4.41. The summed E-state index contributed by atoms with van der Waals surface area (Å²) in [4.78, 5) is 10.5. The molecule has 0 aliphatic carbocycles. The molecule has 0 radical (unpaired) electrons. The van der Waals surface area contributed by atoms with Crippen molar-refractivity contribution in [1.29, 1.82) is 0 Å². The lowest BCUT2D eigenvalue weighted by molar-refractivity contribution is -0.0359. The second-order valence-electron chi connectivity index (χ2n) is 6.17. The van der Waals surface area contributed by atoms with E-state index in [0.29, 0.717) is 18.4 Å². The highest BCUT2D eigenvalue weighted by molar-refractivity contribution is 5.22. The number of rotatable bonds is 7. The first kappa shape index (κ1) is 17.6. The Bertz CT molecular complexity index is 681. The van der Waals surface area contributed by atoms with Gasteiger partial charge < -0.3 is 14.2 Å². The van der Waals surface area contributed by atoms with Gasteiger partial charge in [0.05, 0.1) is 7.11 Å². The third-order valence-electron chi connectivity index (χ3n) is 4.41. The molecule has 1 aliphatic heterocycles. The van der Waals surface area contributed by atoms with Crippen LogP contribution in [0.3, 0.4) is 0 Å². The molecule has 6 nitrogen and oxygen atoms in total. The van der Waals surface area contributed by atoms with Crippen LogP contribution in [0.4, 0.5) is 4.39 Å². The maximum Gasteiger partial charge on any atom is 0.316 e. The van der Waals surface area contributed by atoms with E-state index < -0.39 is 0 Å². The van der Waals surface area contributed by atoms with E-state index in [2.05, 4.69) is 14.9 Å². The van der Waals surface area contributed by atoms with Crippen molar-refractivity contribution in [2.75, 3.05) is 33.9 Å². The molecular formula is C18H22FN3O3. The second-order valence-corrected chi connectivity index (χ2v) is 6.17. The third-order valence-corrected chi connectivity index (χ3v) is 4.41. The maximum absolute atomic E-state index is 13.0. The van der Waals surface area contributed by atoms with E-state index in [1.807, 2.05) is 0 Å². The van der Waals surface area contributed by atoms with Gasteiger partial charge in [-0.25, -0.2) is 14.4 Å². The van der Waals surface area contributed by atoms with Crippen LogP contribution >= 0.6 is 0 Å². The van der Waals surface area contributed by atoms with E-state index in [1.54, 1.807) is 38.7 Å². The Hall–Kier alpha value is -2.25. The van der Waals surface area contributed by atoms with Crippen LogP contribution in [-0.2, 0) is 11.3 Å². The summed E-state index contributed by atoms with van der Waals surface area (Å²) in [6, 6.07) is 6.39. The SMILES string of the molecule is COc1ncc(CN2CC[C@](COc3ccc(F)cc3)(OC)C2)cn1. The number of nitrogens with zero attached hydrogens (tertiary/aromatic N) is 3. The number of benzene rings is 1. The lowest BCUT2D eigenvalue weighted by atomic mass is 10.0. The van der Waals surface area contributed by atoms with Crippen molar-refractivity contribution in [2.24, 2.45) is 0 Å². The van der Waals surface area contributed by atoms with E-state index in [0.717, 1.165) is 31.6 Å². The van der Waals surface area contributed by atoms with Gasteiger partial charge in [-0.05, 0) is 30.7 Å². The van der Waals surface area contributed by atoms with Crippen molar-refractivity contribution in [3.05, 3.63) is 48.0 Å². The van der Waals surface area contributed by atoms with Crippen LogP contribution in [0.1, 0.15) is 12.0 Å². The molecule has 0 bridgehead atoms. The first-order valence-corrected chi connectivity index (χ1v) is 8.13. The Labute approximate surface area is 146 Å². The molecule has 1 saturated heterocycles. The first-order chi connectivity index (χ1) is 12.1. The van der Waals surface area contributed by atoms with Crippen LogP contribution in [-0.4, -0.2) is 54.4 Å². The Kier molecular flexibility index (Phi) is 5.45. The minimum Gasteiger partial charge on any atom is -0.491 e. The van der Waals surface area contributed by atoms with Crippen LogP contribution in [0, 0.1) is 5.82 Å². The predicted molar refractivity (Wildman–Crippen MR) is 90.1 cm³/mol. The van der Waals surface area contributed by atoms with E-state index in [9.17, 15) is 4.39 Å².